The smallest absolute Gasteiger partial charge is 0.0345 e. The maximum atomic E-state index is 6.72. The predicted molar refractivity (Wildman–Crippen MR) is 233 cm³/mol. The van der Waals surface area contributed by atoms with Crippen LogP contribution in [0, 0.1) is 0 Å². The van der Waals surface area contributed by atoms with Gasteiger partial charge < -0.3 is 0 Å². The van der Waals surface area contributed by atoms with Crippen LogP contribution in [-0.4, -0.2) is 31.6 Å². The minimum absolute atomic E-state index is 0.00785. The van der Waals surface area contributed by atoms with Gasteiger partial charge in [-0.2, -0.15) is 0 Å². The third-order valence-corrected chi connectivity index (χ3v) is 12.9. The molecule has 0 amide bonds. The minimum atomic E-state index is -0.0115. The molecule has 0 saturated heterocycles. The number of nitrogens with zero attached hydrogens (tertiary/aromatic N) is 5. The second kappa shape index (κ2) is 14.0. The zero-order valence-corrected chi connectivity index (χ0v) is 34.4. The van der Waals surface area contributed by atoms with E-state index in [4.69, 9.17) is 9.72 Å². The molecule has 0 bridgehead atoms. The van der Waals surface area contributed by atoms with Crippen LogP contribution in [0.2, 0.25) is 0 Å². The molecular formula is C49H45N5OSe. The van der Waals surface area contributed by atoms with Crippen molar-refractivity contribution in [3.63, 3.8) is 0 Å². The minimum Gasteiger partial charge on any atom is -0.0345 e. The summed E-state index contributed by atoms with van der Waals surface area (Å²) in [7, 11) is 0. The third-order valence-electron chi connectivity index (χ3n) is 10.5. The van der Waals surface area contributed by atoms with Crippen LogP contribution in [0.25, 0.3) is 11.1 Å². The molecule has 0 N–H and O–H groups in total. The number of hydrogen-bond donors (Lipinski definition) is 0. The van der Waals surface area contributed by atoms with Gasteiger partial charge in [0.15, 0.2) is 0 Å². The summed E-state index contributed by atoms with van der Waals surface area (Å²) in [6, 6.07) is 47.8. The van der Waals surface area contributed by atoms with E-state index in [0.29, 0.717) is 6.67 Å². The number of pyridine rings is 2. The van der Waals surface area contributed by atoms with Gasteiger partial charge in [-0.1, -0.05) is 63.2 Å². The van der Waals surface area contributed by atoms with Crippen molar-refractivity contribution in [1.82, 2.24) is 9.97 Å². The Bertz CT molecular complexity index is 2570. The van der Waals surface area contributed by atoms with Crippen molar-refractivity contribution in [2.45, 2.75) is 52.4 Å². The van der Waals surface area contributed by atoms with Crippen molar-refractivity contribution in [3.8, 4) is 22.6 Å². The maximum absolute atomic E-state index is 6.72. The van der Waals surface area contributed by atoms with E-state index in [0.717, 1.165) is 40.1 Å². The fraction of sp³-hybridized carbons (Fsp3) is 0.184. The molecule has 7 heteroatoms. The zero-order chi connectivity index (χ0) is 38.6. The second-order valence-electron chi connectivity index (χ2n) is 16.5. The SMILES string of the molecule is CC(C)(C)c1cc(-c2ccccc2)cc(N2CN(c3cccc(Oc4ccc5c(c4)N(c4cc(C(C)(C)C)ccn4)c4cnccc4[Se]5)c3)c3ccccc32)c1. The molecule has 4 heterocycles. The van der Waals surface area contributed by atoms with Crippen LogP contribution in [0.4, 0.5) is 39.9 Å². The average molecular weight is 799 g/mol. The number of para-hydroxylation sites is 2. The van der Waals surface area contributed by atoms with Gasteiger partial charge in [0.05, 0.1) is 0 Å². The van der Waals surface area contributed by atoms with Crippen molar-refractivity contribution < 1.29 is 4.74 Å². The summed E-state index contributed by atoms with van der Waals surface area (Å²) < 4.78 is 9.28. The summed E-state index contributed by atoms with van der Waals surface area (Å²) in [5.41, 5.74) is 11.7. The monoisotopic (exact) mass is 799 g/mol. The Morgan fingerprint density at radius 2 is 1.25 bits per heavy atom. The number of ether oxygens (including phenoxy) is 1. The van der Waals surface area contributed by atoms with Crippen molar-refractivity contribution >= 4 is 63.8 Å². The Labute approximate surface area is 336 Å². The molecule has 6 nitrogen and oxygen atoms in total. The first-order chi connectivity index (χ1) is 27.0. The number of hydrogen-bond acceptors (Lipinski definition) is 6. The average Bonchev–Trinajstić information content (AvgIpc) is 3.60. The summed E-state index contributed by atoms with van der Waals surface area (Å²) >= 11 is 0.119. The largest absolute Gasteiger partial charge is 0.0345 e. The van der Waals surface area contributed by atoms with E-state index in [9.17, 15) is 0 Å². The maximum Gasteiger partial charge on any atom is -0.0345 e. The molecule has 2 aromatic heterocycles. The first-order valence-electron chi connectivity index (χ1n) is 19.2. The first-order valence-corrected chi connectivity index (χ1v) is 20.9. The van der Waals surface area contributed by atoms with Gasteiger partial charge in [-0.3, -0.25) is 0 Å². The van der Waals surface area contributed by atoms with Gasteiger partial charge in [0.1, 0.15) is 0 Å². The standard InChI is InChI=1S/C49H45N5OSe/c1-48(2,3)35-21-24-51-47(28-35)54-43-30-40(19-20-45(43)56-46-22-23-50-31-44(46)54)55-39-16-12-15-37(29-39)52-32-53(42-18-11-10-17-41(42)52)38-26-34(33-13-8-7-9-14-33)25-36(27-38)49(4,5)6/h7-31H,32H2,1-6H3. The van der Waals surface area contributed by atoms with E-state index in [-0.39, 0.29) is 25.8 Å². The van der Waals surface area contributed by atoms with Crippen LogP contribution in [-0.2, 0) is 10.8 Å². The Hall–Kier alpha value is -5.88. The molecule has 5 aromatic carbocycles. The molecule has 2 aliphatic rings. The van der Waals surface area contributed by atoms with E-state index < -0.39 is 0 Å². The van der Waals surface area contributed by atoms with E-state index >= 15 is 0 Å². The van der Waals surface area contributed by atoms with Gasteiger partial charge in [0, 0.05) is 0 Å². The fourth-order valence-electron chi connectivity index (χ4n) is 7.46. The van der Waals surface area contributed by atoms with Crippen LogP contribution >= 0.6 is 0 Å². The normalized spacial score (nSPS) is 13.6. The van der Waals surface area contributed by atoms with Crippen LogP contribution < -0.4 is 28.4 Å². The van der Waals surface area contributed by atoms with E-state index in [1.165, 1.54) is 42.6 Å². The molecule has 7 aromatic rings. The molecule has 0 spiro atoms. The van der Waals surface area contributed by atoms with Crippen LogP contribution in [0.5, 0.6) is 11.5 Å². The zero-order valence-electron chi connectivity index (χ0n) is 32.7. The van der Waals surface area contributed by atoms with Gasteiger partial charge in [0.25, 0.3) is 0 Å². The van der Waals surface area contributed by atoms with Crippen LogP contribution in [0.3, 0.4) is 0 Å². The Kier molecular flexibility index (Phi) is 8.95. The number of anilines is 7. The van der Waals surface area contributed by atoms with Crippen molar-refractivity contribution in [2.75, 3.05) is 21.4 Å². The molecule has 0 fully saturated rings. The van der Waals surface area contributed by atoms with Gasteiger partial charge >= 0.3 is 241 Å². The number of fused-ring (bicyclic) bond motifs is 3. The Balaban J connectivity index is 1.05. The fourth-order valence-corrected chi connectivity index (χ4v) is 9.56. The quantitative estimate of drug-likeness (QED) is 0.156. The molecule has 0 saturated carbocycles. The van der Waals surface area contributed by atoms with Gasteiger partial charge in [0.2, 0.25) is 0 Å². The van der Waals surface area contributed by atoms with Crippen LogP contribution in [0.1, 0.15) is 52.7 Å². The summed E-state index contributed by atoms with van der Waals surface area (Å²) in [6.07, 6.45) is 5.76. The van der Waals surface area contributed by atoms with Gasteiger partial charge in [-0.15, -0.1) is 0 Å². The summed E-state index contributed by atoms with van der Waals surface area (Å²) in [6.45, 7) is 14.2. The third kappa shape index (κ3) is 6.82. The molecule has 0 radical (unpaired) electrons. The van der Waals surface area contributed by atoms with Crippen molar-refractivity contribution in [1.29, 1.82) is 0 Å². The van der Waals surface area contributed by atoms with Gasteiger partial charge in [-0.05, 0) is 34.2 Å². The molecule has 2 aliphatic heterocycles. The molecule has 56 heavy (non-hydrogen) atoms. The molecular weight excluding hydrogens is 754 g/mol. The molecule has 0 unspecified atom stereocenters. The molecule has 0 atom stereocenters. The Morgan fingerprint density at radius 1 is 0.536 bits per heavy atom. The van der Waals surface area contributed by atoms with E-state index in [1.807, 2.05) is 24.7 Å². The Morgan fingerprint density at radius 3 is 2.02 bits per heavy atom. The molecule has 9 rings (SSSR count). The van der Waals surface area contributed by atoms with Gasteiger partial charge in [-0.25, -0.2) is 0 Å². The predicted octanol–water partition coefficient (Wildman–Crippen LogP) is 11.2. The van der Waals surface area contributed by atoms with Crippen molar-refractivity contribution in [2.24, 2.45) is 0 Å². The second-order valence-corrected chi connectivity index (χ2v) is 18.8. The summed E-state index contributed by atoms with van der Waals surface area (Å²) in [5.74, 6) is 2.43. The number of rotatable bonds is 6. The first kappa shape index (κ1) is 35.8. The molecule has 278 valence electrons. The van der Waals surface area contributed by atoms with Crippen LogP contribution in [0.15, 0.2) is 152 Å². The summed E-state index contributed by atoms with van der Waals surface area (Å²) in [4.78, 5) is 16.5. The number of aromatic nitrogens is 2. The summed E-state index contributed by atoms with van der Waals surface area (Å²) in [5, 5.41) is 0. The topological polar surface area (TPSA) is 44.7 Å². The molecule has 0 aliphatic carbocycles. The van der Waals surface area contributed by atoms with Crippen molar-refractivity contribution in [3.05, 3.63) is 163 Å². The number of benzene rings is 5. The van der Waals surface area contributed by atoms with E-state index in [2.05, 4.69) is 189 Å². The van der Waals surface area contributed by atoms with E-state index in [1.54, 1.807) is 0 Å².